The average Bonchev–Trinajstić information content (AvgIpc) is 3.18. The molecule has 0 spiro atoms. The molecule has 1 aliphatic rings. The molecule has 2 aromatic carbocycles. The third kappa shape index (κ3) is 4.85. The molecule has 0 atom stereocenters. The highest BCUT2D eigenvalue weighted by molar-refractivity contribution is 6.06. The van der Waals surface area contributed by atoms with Crippen LogP contribution in [-0.2, 0) is 6.42 Å². The van der Waals surface area contributed by atoms with Crippen LogP contribution in [0.5, 0.6) is 5.75 Å². The van der Waals surface area contributed by atoms with Gasteiger partial charge in [-0.3, -0.25) is 0 Å². The third-order valence-corrected chi connectivity index (χ3v) is 7.03. The summed E-state index contributed by atoms with van der Waals surface area (Å²) in [7, 11) is 0. The number of ether oxygens (including phenoxy) is 1. The number of unbranched alkanes of at least 4 members (excludes halogenated alkanes) is 2. The molecule has 1 saturated carbocycles. The van der Waals surface area contributed by atoms with Gasteiger partial charge in [0.2, 0.25) is 5.82 Å². The molecule has 180 valence electrons. The molecule has 1 heterocycles. The summed E-state index contributed by atoms with van der Waals surface area (Å²) in [5.41, 5.74) is 0.110. The highest BCUT2D eigenvalue weighted by atomic mass is 19.2. The number of benzene rings is 2. The second kappa shape index (κ2) is 10.4. The first-order chi connectivity index (χ1) is 15.9. The van der Waals surface area contributed by atoms with Gasteiger partial charge in [0.1, 0.15) is 11.2 Å². The highest BCUT2D eigenvalue weighted by Gasteiger charge is 2.26. The maximum absolute atomic E-state index is 14.9. The Labute approximate surface area is 192 Å². The lowest BCUT2D eigenvalue weighted by atomic mass is 9.80. The van der Waals surface area contributed by atoms with Gasteiger partial charge < -0.3 is 9.15 Å². The molecule has 4 rings (SSSR count). The molecule has 6 heteroatoms. The number of halogens is 4. The van der Waals surface area contributed by atoms with Crippen LogP contribution in [0.15, 0.2) is 16.5 Å². The maximum Gasteiger partial charge on any atom is 0.201 e. The van der Waals surface area contributed by atoms with Crippen LogP contribution in [0.4, 0.5) is 17.6 Å². The van der Waals surface area contributed by atoms with Crippen LogP contribution in [0.1, 0.15) is 77.2 Å². The fraction of sp³-hybridized carbons (Fsp3) is 0.556. The summed E-state index contributed by atoms with van der Waals surface area (Å²) < 4.78 is 70.2. The molecule has 0 aliphatic heterocycles. The molecule has 1 aromatic heterocycles. The second-order valence-corrected chi connectivity index (χ2v) is 9.46. The van der Waals surface area contributed by atoms with Crippen molar-refractivity contribution in [1.29, 1.82) is 0 Å². The Kier molecular flexibility index (Phi) is 7.50. The first kappa shape index (κ1) is 23.9. The number of furan rings is 1. The van der Waals surface area contributed by atoms with Crippen molar-refractivity contribution in [3.8, 4) is 5.75 Å². The highest BCUT2D eigenvalue weighted by Crippen LogP contribution is 2.39. The summed E-state index contributed by atoms with van der Waals surface area (Å²) in [6, 6.07) is 2.62. The Hall–Kier alpha value is -2.24. The lowest BCUT2D eigenvalue weighted by Gasteiger charge is -2.28. The van der Waals surface area contributed by atoms with Crippen molar-refractivity contribution in [3.05, 3.63) is 41.0 Å². The lowest BCUT2D eigenvalue weighted by molar-refractivity contribution is 0.172. The molecule has 0 amide bonds. The second-order valence-electron chi connectivity index (χ2n) is 9.46. The van der Waals surface area contributed by atoms with Gasteiger partial charge in [-0.25, -0.2) is 13.2 Å². The van der Waals surface area contributed by atoms with Crippen LogP contribution in [0, 0.1) is 35.1 Å². The quantitative estimate of drug-likeness (QED) is 0.233. The number of aryl methyl sites for hydroxylation is 1. The minimum absolute atomic E-state index is 0.00388. The van der Waals surface area contributed by atoms with Gasteiger partial charge in [-0.1, -0.05) is 58.8 Å². The Balaban J connectivity index is 1.52. The first-order valence-corrected chi connectivity index (χ1v) is 12.3. The van der Waals surface area contributed by atoms with E-state index in [1.54, 1.807) is 0 Å². The van der Waals surface area contributed by atoms with E-state index in [2.05, 4.69) is 6.92 Å². The summed E-state index contributed by atoms with van der Waals surface area (Å²) in [5, 5.41) is -0.756. The van der Waals surface area contributed by atoms with Crippen molar-refractivity contribution in [2.24, 2.45) is 11.8 Å². The molecular weight excluding hydrogens is 432 g/mol. The van der Waals surface area contributed by atoms with Crippen LogP contribution in [0.2, 0.25) is 0 Å². The van der Waals surface area contributed by atoms with E-state index in [1.807, 2.05) is 6.92 Å². The van der Waals surface area contributed by atoms with E-state index in [0.29, 0.717) is 25.4 Å². The predicted octanol–water partition coefficient (Wildman–Crippen LogP) is 8.86. The molecule has 2 nitrogen and oxygen atoms in total. The summed E-state index contributed by atoms with van der Waals surface area (Å²) >= 11 is 0. The standard InChI is InChI=1S/C27H32F4O2/c1-3-5-6-8-16-9-11-17(12-10-16)15-32-21-14-20-23(27(31)25(21)29)22-19(33-20)13-18(7-4-2)24(28)26(22)30/h13-14,16-17H,3-12,15H2,1-2H3. The van der Waals surface area contributed by atoms with Gasteiger partial charge in [-0.05, 0) is 42.7 Å². The molecular formula is C27H32F4O2. The third-order valence-electron chi connectivity index (χ3n) is 7.03. The largest absolute Gasteiger partial charge is 0.490 e. The Bertz CT molecular complexity index is 1110. The van der Waals surface area contributed by atoms with E-state index >= 15 is 0 Å². The van der Waals surface area contributed by atoms with Gasteiger partial charge >= 0.3 is 0 Å². The summed E-state index contributed by atoms with van der Waals surface area (Å²) in [5.74, 6) is -3.93. The van der Waals surface area contributed by atoms with E-state index in [0.717, 1.165) is 31.6 Å². The topological polar surface area (TPSA) is 22.4 Å². The van der Waals surface area contributed by atoms with Crippen LogP contribution < -0.4 is 4.74 Å². The first-order valence-electron chi connectivity index (χ1n) is 12.3. The molecule has 1 aliphatic carbocycles. The van der Waals surface area contributed by atoms with E-state index in [4.69, 9.17) is 9.15 Å². The van der Waals surface area contributed by atoms with Gasteiger partial charge in [0.05, 0.1) is 17.4 Å². The molecule has 1 fully saturated rings. The fourth-order valence-corrected chi connectivity index (χ4v) is 5.11. The van der Waals surface area contributed by atoms with Crippen molar-refractivity contribution in [1.82, 2.24) is 0 Å². The zero-order valence-electron chi connectivity index (χ0n) is 19.4. The number of hydrogen-bond donors (Lipinski definition) is 0. The predicted molar refractivity (Wildman–Crippen MR) is 123 cm³/mol. The smallest absolute Gasteiger partial charge is 0.201 e. The summed E-state index contributed by atoms with van der Waals surface area (Å²) in [6.07, 6.45) is 10.3. The van der Waals surface area contributed by atoms with Gasteiger partial charge in [0.25, 0.3) is 0 Å². The van der Waals surface area contributed by atoms with Crippen LogP contribution in [-0.4, -0.2) is 6.61 Å². The van der Waals surface area contributed by atoms with Crippen molar-refractivity contribution in [3.63, 3.8) is 0 Å². The molecule has 0 saturated heterocycles. The molecule has 0 radical (unpaired) electrons. The zero-order valence-corrected chi connectivity index (χ0v) is 19.4. The molecule has 0 unspecified atom stereocenters. The minimum Gasteiger partial charge on any atom is -0.490 e. The van der Waals surface area contributed by atoms with Gasteiger partial charge in [0.15, 0.2) is 23.2 Å². The zero-order chi connectivity index (χ0) is 23.5. The lowest BCUT2D eigenvalue weighted by Crippen LogP contribution is -2.20. The molecule has 33 heavy (non-hydrogen) atoms. The van der Waals surface area contributed by atoms with Crippen molar-refractivity contribution >= 4 is 21.9 Å². The van der Waals surface area contributed by atoms with Gasteiger partial charge in [-0.2, -0.15) is 4.39 Å². The summed E-state index contributed by atoms with van der Waals surface area (Å²) in [4.78, 5) is 0. The summed E-state index contributed by atoms with van der Waals surface area (Å²) in [6.45, 7) is 4.35. The van der Waals surface area contributed by atoms with E-state index in [-0.39, 0.29) is 33.3 Å². The Morgan fingerprint density at radius 1 is 0.788 bits per heavy atom. The van der Waals surface area contributed by atoms with E-state index in [1.165, 1.54) is 37.8 Å². The average molecular weight is 465 g/mol. The number of rotatable bonds is 9. The molecule has 0 N–H and O–H groups in total. The monoisotopic (exact) mass is 464 g/mol. The minimum atomic E-state index is -1.28. The van der Waals surface area contributed by atoms with Gasteiger partial charge in [-0.15, -0.1) is 0 Å². The molecule has 0 bridgehead atoms. The molecule has 3 aromatic rings. The number of hydrogen-bond acceptors (Lipinski definition) is 2. The van der Waals surface area contributed by atoms with Crippen LogP contribution >= 0.6 is 0 Å². The van der Waals surface area contributed by atoms with Crippen molar-refractivity contribution in [2.45, 2.75) is 78.1 Å². The van der Waals surface area contributed by atoms with E-state index in [9.17, 15) is 17.6 Å². The van der Waals surface area contributed by atoms with Crippen molar-refractivity contribution in [2.75, 3.05) is 6.61 Å². The van der Waals surface area contributed by atoms with Gasteiger partial charge in [0, 0.05) is 6.07 Å². The Morgan fingerprint density at radius 2 is 1.42 bits per heavy atom. The normalized spacial score (nSPS) is 19.0. The van der Waals surface area contributed by atoms with E-state index < -0.39 is 23.3 Å². The maximum atomic E-state index is 14.9. The number of fused-ring (bicyclic) bond motifs is 3. The Morgan fingerprint density at radius 3 is 2.09 bits per heavy atom. The van der Waals surface area contributed by atoms with Crippen molar-refractivity contribution < 1.29 is 26.7 Å². The van der Waals surface area contributed by atoms with Crippen LogP contribution in [0.25, 0.3) is 21.9 Å². The SMILES string of the molecule is CCCCCC1CCC(COc2cc3oc4cc(CCC)c(F)c(F)c4c3c(F)c2F)CC1. The van der Waals surface area contributed by atoms with Crippen LogP contribution in [0.3, 0.4) is 0 Å². The fourth-order valence-electron chi connectivity index (χ4n) is 5.11.